The van der Waals surface area contributed by atoms with E-state index in [4.69, 9.17) is 0 Å². The lowest BCUT2D eigenvalue weighted by Crippen LogP contribution is -2.49. The van der Waals surface area contributed by atoms with Gasteiger partial charge in [-0.15, -0.1) is 0 Å². The molecule has 1 heterocycles. The highest BCUT2D eigenvalue weighted by Crippen LogP contribution is 2.45. The molecule has 0 unspecified atom stereocenters. The number of carbonyl (C=O) groups excluding carboxylic acids is 1. The van der Waals surface area contributed by atoms with Crippen LogP contribution in [0.2, 0.25) is 0 Å². The Morgan fingerprint density at radius 1 is 1.26 bits per heavy atom. The molecule has 1 saturated carbocycles. The standard InChI is InChI=1S/C23H32F2N4O2/c1-15(30)28-20(9-16-7-18(24)10-19(25)8-16)21(31)12-26-23(5-6-23)17-11-27-29(13-17)14-22(2,3)4/h7-8,10-11,13,20-21,26,31H,5-6,9,12,14H2,1-4H3,(H,28,30)/t20-,21+/m0/s1. The largest absolute Gasteiger partial charge is 0.390 e. The monoisotopic (exact) mass is 434 g/mol. The topological polar surface area (TPSA) is 79.2 Å². The number of aliphatic hydroxyl groups is 1. The highest BCUT2D eigenvalue weighted by atomic mass is 19.1. The van der Waals surface area contributed by atoms with Crippen molar-refractivity contribution in [2.24, 2.45) is 5.41 Å². The van der Waals surface area contributed by atoms with Crippen LogP contribution in [-0.2, 0) is 23.3 Å². The Bertz CT molecular complexity index is 898. The van der Waals surface area contributed by atoms with Crippen LogP contribution in [0.1, 0.15) is 51.7 Å². The lowest BCUT2D eigenvalue weighted by atomic mass is 9.97. The van der Waals surface area contributed by atoms with Crippen LogP contribution in [0.15, 0.2) is 30.6 Å². The molecule has 31 heavy (non-hydrogen) atoms. The van der Waals surface area contributed by atoms with E-state index in [9.17, 15) is 18.7 Å². The quantitative estimate of drug-likeness (QED) is 0.567. The molecular formula is C23H32F2N4O2. The first kappa shape index (κ1) is 23.3. The zero-order chi connectivity index (χ0) is 22.8. The molecule has 0 bridgehead atoms. The highest BCUT2D eigenvalue weighted by molar-refractivity contribution is 5.73. The maximum atomic E-state index is 13.5. The lowest BCUT2D eigenvalue weighted by Gasteiger charge is -2.26. The van der Waals surface area contributed by atoms with E-state index in [2.05, 4.69) is 36.5 Å². The van der Waals surface area contributed by atoms with Crippen molar-refractivity contribution in [3.8, 4) is 0 Å². The summed E-state index contributed by atoms with van der Waals surface area (Å²) in [6.45, 7) is 8.85. The van der Waals surface area contributed by atoms with Gasteiger partial charge in [0.2, 0.25) is 5.91 Å². The normalized spacial score (nSPS) is 17.3. The van der Waals surface area contributed by atoms with Gasteiger partial charge >= 0.3 is 0 Å². The third kappa shape index (κ3) is 6.58. The molecule has 3 N–H and O–H groups in total. The number of aliphatic hydroxyl groups excluding tert-OH is 1. The van der Waals surface area contributed by atoms with Gasteiger partial charge in [-0.05, 0) is 42.4 Å². The van der Waals surface area contributed by atoms with Gasteiger partial charge in [-0.3, -0.25) is 9.48 Å². The zero-order valence-electron chi connectivity index (χ0n) is 18.6. The summed E-state index contributed by atoms with van der Waals surface area (Å²) in [6.07, 6.45) is 4.95. The summed E-state index contributed by atoms with van der Waals surface area (Å²) >= 11 is 0. The van der Waals surface area contributed by atoms with E-state index in [-0.39, 0.29) is 29.8 Å². The van der Waals surface area contributed by atoms with Gasteiger partial charge in [0.25, 0.3) is 0 Å². The second-order valence-electron chi connectivity index (χ2n) is 9.81. The molecule has 2 aromatic rings. The molecule has 0 spiro atoms. The van der Waals surface area contributed by atoms with Gasteiger partial charge in [0, 0.05) is 43.4 Å². The van der Waals surface area contributed by atoms with Crippen molar-refractivity contribution in [1.29, 1.82) is 0 Å². The molecule has 1 aliphatic carbocycles. The number of rotatable bonds is 9. The minimum atomic E-state index is -0.933. The summed E-state index contributed by atoms with van der Waals surface area (Å²) < 4.78 is 29.0. The fourth-order valence-electron chi connectivity index (χ4n) is 3.84. The van der Waals surface area contributed by atoms with E-state index >= 15 is 0 Å². The first-order chi connectivity index (χ1) is 14.5. The number of benzene rings is 1. The number of nitrogens with one attached hydrogen (secondary N) is 2. The first-order valence-electron chi connectivity index (χ1n) is 10.6. The van der Waals surface area contributed by atoms with Gasteiger partial charge in [0.05, 0.1) is 18.3 Å². The summed E-state index contributed by atoms with van der Waals surface area (Å²) in [5.74, 6) is -1.69. The lowest BCUT2D eigenvalue weighted by molar-refractivity contribution is -0.120. The maximum absolute atomic E-state index is 13.5. The molecule has 3 rings (SSSR count). The minimum Gasteiger partial charge on any atom is -0.390 e. The van der Waals surface area contributed by atoms with Crippen LogP contribution in [0.3, 0.4) is 0 Å². The third-order valence-corrected chi connectivity index (χ3v) is 5.45. The number of hydrogen-bond acceptors (Lipinski definition) is 4. The van der Waals surface area contributed by atoms with Gasteiger partial charge in [-0.1, -0.05) is 20.8 Å². The summed E-state index contributed by atoms with van der Waals surface area (Å²) in [5.41, 5.74) is 1.33. The Hall–Kier alpha value is -2.32. The molecule has 1 fully saturated rings. The van der Waals surface area contributed by atoms with E-state index in [0.29, 0.717) is 5.56 Å². The molecule has 1 amide bonds. The number of amides is 1. The summed E-state index contributed by atoms with van der Waals surface area (Å²) in [4.78, 5) is 11.6. The van der Waals surface area contributed by atoms with Gasteiger partial charge in [-0.2, -0.15) is 5.10 Å². The van der Waals surface area contributed by atoms with Crippen LogP contribution in [0.4, 0.5) is 8.78 Å². The molecule has 0 radical (unpaired) electrons. The number of hydrogen-bond donors (Lipinski definition) is 3. The predicted molar refractivity (Wildman–Crippen MR) is 114 cm³/mol. The second kappa shape index (κ2) is 9.04. The summed E-state index contributed by atoms with van der Waals surface area (Å²) in [5, 5.41) is 21.4. The van der Waals surface area contributed by atoms with Crippen molar-refractivity contribution in [2.75, 3.05) is 6.54 Å². The van der Waals surface area contributed by atoms with E-state index in [1.807, 2.05) is 17.1 Å². The Morgan fingerprint density at radius 3 is 2.45 bits per heavy atom. The van der Waals surface area contributed by atoms with Crippen molar-refractivity contribution in [2.45, 2.75) is 71.2 Å². The molecule has 1 aromatic heterocycles. The van der Waals surface area contributed by atoms with Crippen molar-refractivity contribution in [3.05, 3.63) is 53.4 Å². The summed E-state index contributed by atoms with van der Waals surface area (Å²) in [6, 6.07) is 2.55. The van der Waals surface area contributed by atoms with Crippen LogP contribution in [0, 0.1) is 17.0 Å². The van der Waals surface area contributed by atoms with Crippen molar-refractivity contribution >= 4 is 5.91 Å². The Labute approximate surface area is 182 Å². The second-order valence-corrected chi connectivity index (χ2v) is 9.81. The predicted octanol–water partition coefficient (Wildman–Crippen LogP) is 2.89. The van der Waals surface area contributed by atoms with E-state index < -0.39 is 23.8 Å². The van der Waals surface area contributed by atoms with Crippen LogP contribution in [-0.4, -0.2) is 39.5 Å². The number of nitrogens with zero attached hydrogens (tertiary/aromatic N) is 2. The van der Waals surface area contributed by atoms with Crippen LogP contribution in [0.25, 0.3) is 0 Å². The molecule has 1 aliphatic rings. The minimum absolute atomic E-state index is 0.117. The third-order valence-electron chi connectivity index (χ3n) is 5.45. The Balaban J connectivity index is 1.65. The molecular weight excluding hydrogens is 402 g/mol. The van der Waals surface area contributed by atoms with Crippen molar-refractivity contribution in [1.82, 2.24) is 20.4 Å². The van der Waals surface area contributed by atoms with Gasteiger partial charge in [-0.25, -0.2) is 8.78 Å². The van der Waals surface area contributed by atoms with E-state index in [1.54, 1.807) is 0 Å². The fourth-order valence-corrected chi connectivity index (χ4v) is 3.84. The molecule has 0 aliphatic heterocycles. The van der Waals surface area contributed by atoms with Crippen molar-refractivity contribution in [3.63, 3.8) is 0 Å². The summed E-state index contributed by atoms with van der Waals surface area (Å²) in [7, 11) is 0. The van der Waals surface area contributed by atoms with Gasteiger partial charge in [0.1, 0.15) is 11.6 Å². The highest BCUT2D eigenvalue weighted by Gasteiger charge is 2.45. The zero-order valence-corrected chi connectivity index (χ0v) is 18.6. The van der Waals surface area contributed by atoms with Gasteiger partial charge in [0.15, 0.2) is 0 Å². The average Bonchev–Trinajstić information content (AvgIpc) is 3.28. The number of aromatic nitrogens is 2. The smallest absolute Gasteiger partial charge is 0.217 e. The number of carbonyl (C=O) groups is 1. The maximum Gasteiger partial charge on any atom is 0.217 e. The molecule has 0 saturated heterocycles. The molecule has 8 heteroatoms. The molecule has 6 nitrogen and oxygen atoms in total. The Kier molecular flexibility index (Phi) is 6.81. The van der Waals surface area contributed by atoms with Crippen LogP contribution in [0.5, 0.6) is 0 Å². The first-order valence-corrected chi connectivity index (χ1v) is 10.6. The van der Waals surface area contributed by atoms with Crippen molar-refractivity contribution < 1.29 is 18.7 Å². The van der Waals surface area contributed by atoms with Crippen LogP contribution < -0.4 is 10.6 Å². The average molecular weight is 435 g/mol. The number of halogens is 2. The molecule has 170 valence electrons. The van der Waals surface area contributed by atoms with Crippen LogP contribution >= 0.6 is 0 Å². The van der Waals surface area contributed by atoms with E-state index in [1.165, 1.54) is 19.1 Å². The SMILES string of the molecule is CC(=O)N[C@@H](Cc1cc(F)cc(F)c1)[C@H](O)CNC1(c2cnn(CC(C)(C)C)c2)CC1. The van der Waals surface area contributed by atoms with E-state index in [0.717, 1.165) is 31.0 Å². The fraction of sp³-hybridized carbons (Fsp3) is 0.565. The Morgan fingerprint density at radius 2 is 1.90 bits per heavy atom. The molecule has 2 atom stereocenters. The van der Waals surface area contributed by atoms with Gasteiger partial charge < -0.3 is 15.7 Å². The molecule has 1 aromatic carbocycles.